The van der Waals surface area contributed by atoms with Crippen molar-refractivity contribution in [1.29, 1.82) is 0 Å². The Bertz CT molecular complexity index is 327. The summed E-state index contributed by atoms with van der Waals surface area (Å²) < 4.78 is 0. The third kappa shape index (κ3) is 3.64. The standard InChI is InChI=1S/C15H29N3O2/c1-15(2,17-8-4-3-5-9-17)12-16-14(20)18-10-6-7-13(18)11-19/h13,19H,3-12H2,1-2H3,(H,16,20). The lowest BCUT2D eigenvalue weighted by Crippen LogP contribution is -2.55. The van der Waals surface area contributed by atoms with E-state index in [2.05, 4.69) is 24.1 Å². The Hall–Kier alpha value is -0.810. The molecule has 2 rings (SSSR count). The number of carbonyl (C=O) groups is 1. The zero-order chi connectivity index (χ0) is 14.6. The predicted octanol–water partition coefficient (Wildman–Crippen LogP) is 1.42. The lowest BCUT2D eigenvalue weighted by Gasteiger charge is -2.41. The number of aliphatic hydroxyl groups excluding tert-OH is 1. The van der Waals surface area contributed by atoms with Crippen LogP contribution in [-0.2, 0) is 0 Å². The van der Waals surface area contributed by atoms with Crippen LogP contribution >= 0.6 is 0 Å². The molecule has 0 aromatic carbocycles. The summed E-state index contributed by atoms with van der Waals surface area (Å²) in [5.41, 5.74) is 0.00448. The molecule has 0 spiro atoms. The van der Waals surface area contributed by atoms with Gasteiger partial charge >= 0.3 is 6.03 Å². The number of carbonyl (C=O) groups excluding carboxylic acids is 1. The van der Waals surface area contributed by atoms with Crippen LogP contribution in [0, 0.1) is 0 Å². The van der Waals surface area contributed by atoms with Crippen molar-refractivity contribution in [3.63, 3.8) is 0 Å². The molecule has 0 aromatic rings. The van der Waals surface area contributed by atoms with E-state index in [0.29, 0.717) is 6.54 Å². The van der Waals surface area contributed by atoms with Gasteiger partial charge in [0.1, 0.15) is 0 Å². The predicted molar refractivity (Wildman–Crippen MR) is 79.7 cm³/mol. The van der Waals surface area contributed by atoms with Gasteiger partial charge in [0.2, 0.25) is 0 Å². The number of piperidine rings is 1. The number of amides is 2. The Morgan fingerprint density at radius 3 is 2.55 bits per heavy atom. The van der Waals surface area contributed by atoms with Gasteiger partial charge in [-0.15, -0.1) is 0 Å². The lowest BCUT2D eigenvalue weighted by atomic mass is 9.98. The van der Waals surface area contributed by atoms with E-state index < -0.39 is 0 Å². The van der Waals surface area contributed by atoms with Crippen LogP contribution in [0.4, 0.5) is 4.79 Å². The summed E-state index contributed by atoms with van der Waals surface area (Å²) in [6.07, 6.45) is 5.75. The zero-order valence-electron chi connectivity index (χ0n) is 12.9. The number of nitrogens with one attached hydrogen (secondary N) is 1. The summed E-state index contributed by atoms with van der Waals surface area (Å²) in [6.45, 7) is 8.17. The topological polar surface area (TPSA) is 55.8 Å². The molecule has 20 heavy (non-hydrogen) atoms. The molecule has 2 saturated heterocycles. The van der Waals surface area contributed by atoms with Crippen molar-refractivity contribution in [2.45, 2.75) is 57.5 Å². The molecule has 116 valence electrons. The van der Waals surface area contributed by atoms with Crippen LogP contribution in [-0.4, -0.2) is 65.3 Å². The van der Waals surface area contributed by atoms with Gasteiger partial charge in [-0.1, -0.05) is 6.42 Å². The highest BCUT2D eigenvalue weighted by atomic mass is 16.3. The summed E-state index contributed by atoms with van der Waals surface area (Å²) >= 11 is 0. The summed E-state index contributed by atoms with van der Waals surface area (Å²) in [4.78, 5) is 16.5. The molecule has 5 heteroatoms. The van der Waals surface area contributed by atoms with Crippen molar-refractivity contribution in [1.82, 2.24) is 15.1 Å². The Kier molecular flexibility index (Phi) is 5.27. The van der Waals surface area contributed by atoms with Crippen LogP contribution < -0.4 is 5.32 Å². The summed E-state index contributed by atoms with van der Waals surface area (Å²) in [6, 6.07) is -0.0141. The van der Waals surface area contributed by atoms with Gasteiger partial charge in [-0.25, -0.2) is 4.79 Å². The lowest BCUT2D eigenvalue weighted by molar-refractivity contribution is 0.0923. The van der Waals surface area contributed by atoms with Gasteiger partial charge < -0.3 is 15.3 Å². The van der Waals surface area contributed by atoms with Gasteiger partial charge in [-0.2, -0.15) is 0 Å². The Morgan fingerprint density at radius 2 is 1.90 bits per heavy atom. The van der Waals surface area contributed by atoms with Crippen molar-refractivity contribution >= 4 is 6.03 Å². The third-order valence-corrected chi connectivity index (χ3v) is 4.73. The van der Waals surface area contributed by atoms with E-state index in [9.17, 15) is 9.90 Å². The molecule has 2 heterocycles. The fraction of sp³-hybridized carbons (Fsp3) is 0.933. The van der Waals surface area contributed by atoms with Gasteiger partial charge in [0.05, 0.1) is 12.6 Å². The molecule has 0 aromatic heterocycles. The van der Waals surface area contributed by atoms with Crippen molar-refractivity contribution in [2.75, 3.05) is 32.8 Å². The average molecular weight is 283 g/mol. The highest BCUT2D eigenvalue weighted by Gasteiger charge is 2.31. The third-order valence-electron chi connectivity index (χ3n) is 4.73. The fourth-order valence-electron chi connectivity index (χ4n) is 3.30. The molecule has 0 aliphatic carbocycles. The Morgan fingerprint density at radius 1 is 1.20 bits per heavy atom. The van der Waals surface area contributed by atoms with Crippen LogP contribution in [0.1, 0.15) is 46.0 Å². The molecule has 2 N–H and O–H groups in total. The van der Waals surface area contributed by atoms with Gasteiger partial charge in [0.15, 0.2) is 0 Å². The summed E-state index contributed by atoms with van der Waals surface area (Å²) in [5, 5.41) is 12.3. The molecular weight excluding hydrogens is 254 g/mol. The van der Waals surface area contributed by atoms with E-state index in [1.54, 1.807) is 4.90 Å². The van der Waals surface area contributed by atoms with E-state index in [0.717, 1.165) is 32.5 Å². The molecule has 2 fully saturated rings. The van der Waals surface area contributed by atoms with E-state index in [-0.39, 0.29) is 24.2 Å². The molecule has 1 unspecified atom stereocenters. The number of aliphatic hydroxyl groups is 1. The molecule has 5 nitrogen and oxygen atoms in total. The second kappa shape index (κ2) is 6.76. The van der Waals surface area contributed by atoms with Gasteiger partial charge in [-0.05, 0) is 52.6 Å². The van der Waals surface area contributed by atoms with E-state index in [1.807, 2.05) is 0 Å². The maximum atomic E-state index is 12.2. The molecule has 2 aliphatic heterocycles. The van der Waals surface area contributed by atoms with Crippen molar-refractivity contribution in [3.05, 3.63) is 0 Å². The second-order valence-corrected chi connectivity index (χ2v) is 6.69. The van der Waals surface area contributed by atoms with Crippen LogP contribution in [0.15, 0.2) is 0 Å². The first kappa shape index (κ1) is 15.6. The van der Waals surface area contributed by atoms with Gasteiger partial charge in [0.25, 0.3) is 0 Å². The van der Waals surface area contributed by atoms with Crippen molar-refractivity contribution < 1.29 is 9.90 Å². The molecule has 2 aliphatic rings. The average Bonchev–Trinajstić information content (AvgIpc) is 2.94. The maximum Gasteiger partial charge on any atom is 0.317 e. The quantitative estimate of drug-likeness (QED) is 0.820. The maximum absolute atomic E-state index is 12.2. The van der Waals surface area contributed by atoms with E-state index in [4.69, 9.17) is 0 Å². The number of urea groups is 1. The van der Waals surface area contributed by atoms with Crippen LogP contribution in [0.3, 0.4) is 0 Å². The number of rotatable bonds is 4. The number of hydrogen-bond acceptors (Lipinski definition) is 3. The Labute approximate surface area is 122 Å². The van der Waals surface area contributed by atoms with Crippen LogP contribution in [0.2, 0.25) is 0 Å². The number of nitrogens with zero attached hydrogens (tertiary/aromatic N) is 2. The van der Waals surface area contributed by atoms with Crippen LogP contribution in [0.25, 0.3) is 0 Å². The first-order valence-electron chi connectivity index (χ1n) is 7.95. The molecule has 0 radical (unpaired) electrons. The normalized spacial score (nSPS) is 24.9. The minimum atomic E-state index is -0.0216. The van der Waals surface area contributed by atoms with E-state index >= 15 is 0 Å². The number of likely N-dealkylation sites (tertiary alicyclic amines) is 2. The summed E-state index contributed by atoms with van der Waals surface area (Å²) in [7, 11) is 0. The van der Waals surface area contributed by atoms with Crippen molar-refractivity contribution in [3.8, 4) is 0 Å². The smallest absolute Gasteiger partial charge is 0.317 e. The van der Waals surface area contributed by atoms with Crippen LogP contribution in [0.5, 0.6) is 0 Å². The molecular formula is C15H29N3O2. The monoisotopic (exact) mass is 283 g/mol. The minimum Gasteiger partial charge on any atom is -0.394 e. The highest BCUT2D eigenvalue weighted by Crippen LogP contribution is 2.21. The SMILES string of the molecule is CC(C)(CNC(=O)N1CCCC1CO)N1CCCCC1. The molecule has 0 bridgehead atoms. The first-order valence-corrected chi connectivity index (χ1v) is 7.95. The van der Waals surface area contributed by atoms with Gasteiger partial charge in [-0.3, -0.25) is 4.90 Å². The first-order chi connectivity index (χ1) is 9.54. The second-order valence-electron chi connectivity index (χ2n) is 6.69. The highest BCUT2D eigenvalue weighted by molar-refractivity contribution is 5.75. The molecule has 2 amide bonds. The summed E-state index contributed by atoms with van der Waals surface area (Å²) in [5.74, 6) is 0. The van der Waals surface area contributed by atoms with Crippen molar-refractivity contribution in [2.24, 2.45) is 0 Å². The molecule has 1 atom stereocenters. The van der Waals surface area contributed by atoms with E-state index in [1.165, 1.54) is 19.3 Å². The fourth-order valence-corrected chi connectivity index (χ4v) is 3.30. The Balaban J connectivity index is 1.82. The number of hydrogen-bond donors (Lipinski definition) is 2. The molecule has 0 saturated carbocycles. The van der Waals surface area contributed by atoms with Gasteiger partial charge in [0, 0.05) is 18.6 Å². The minimum absolute atomic E-state index is 0.00448. The zero-order valence-corrected chi connectivity index (χ0v) is 12.9. The largest absolute Gasteiger partial charge is 0.394 e.